The highest BCUT2D eigenvalue weighted by atomic mass is 19.1. The smallest absolute Gasteiger partial charge is 0.307 e. The van der Waals surface area contributed by atoms with Gasteiger partial charge in [0.05, 0.1) is 24.4 Å². The SMILES string of the molecule is Cc1nc(CN2CCCCC2)c(-c2ccc(OCCc3ccc(F)cc3)cc2)c(N2CCC3(CCC3)CC2)c1CC(=O)O. The molecule has 1 N–H and O–H groups in total. The molecule has 6 rings (SSSR count). The number of aromatic nitrogens is 1. The van der Waals surface area contributed by atoms with Crippen LogP contribution in [0.3, 0.4) is 0 Å². The van der Waals surface area contributed by atoms with Crippen molar-refractivity contribution in [2.75, 3.05) is 37.7 Å². The first-order valence-electron chi connectivity index (χ1n) is 16.1. The minimum Gasteiger partial charge on any atom is -0.493 e. The molecule has 0 radical (unpaired) electrons. The fraction of sp³-hybridized carbons (Fsp3) is 0.500. The molecule has 3 aromatic rings. The van der Waals surface area contributed by atoms with E-state index in [9.17, 15) is 14.3 Å². The number of pyridine rings is 1. The monoisotopic (exact) mass is 585 g/mol. The van der Waals surface area contributed by atoms with E-state index in [2.05, 4.69) is 21.9 Å². The molecule has 6 nitrogen and oxygen atoms in total. The Balaban J connectivity index is 1.33. The molecular weight excluding hydrogens is 541 g/mol. The van der Waals surface area contributed by atoms with Crippen LogP contribution >= 0.6 is 0 Å². The van der Waals surface area contributed by atoms with Crippen LogP contribution in [0, 0.1) is 18.2 Å². The second kappa shape index (κ2) is 13.0. The molecule has 43 heavy (non-hydrogen) atoms. The largest absolute Gasteiger partial charge is 0.493 e. The van der Waals surface area contributed by atoms with Crippen LogP contribution in [0.1, 0.15) is 73.9 Å². The maximum atomic E-state index is 13.3. The first-order valence-corrected chi connectivity index (χ1v) is 16.1. The van der Waals surface area contributed by atoms with Gasteiger partial charge in [-0.15, -0.1) is 0 Å². The van der Waals surface area contributed by atoms with Gasteiger partial charge in [0.15, 0.2) is 0 Å². The van der Waals surface area contributed by atoms with Gasteiger partial charge in [0, 0.05) is 42.9 Å². The Morgan fingerprint density at radius 1 is 0.930 bits per heavy atom. The van der Waals surface area contributed by atoms with E-state index in [0.717, 1.165) is 77.8 Å². The van der Waals surface area contributed by atoms with Gasteiger partial charge >= 0.3 is 5.97 Å². The topological polar surface area (TPSA) is 65.9 Å². The number of aliphatic carboxylic acids is 1. The number of nitrogens with zero attached hydrogens (tertiary/aromatic N) is 3. The van der Waals surface area contributed by atoms with Gasteiger partial charge in [-0.2, -0.15) is 0 Å². The van der Waals surface area contributed by atoms with Gasteiger partial charge in [-0.05, 0) is 99.3 Å². The highest BCUT2D eigenvalue weighted by molar-refractivity contribution is 5.86. The Kier molecular flexibility index (Phi) is 8.98. The normalized spacial score (nSPS) is 18.4. The van der Waals surface area contributed by atoms with Crippen molar-refractivity contribution >= 4 is 11.7 Å². The molecule has 1 spiro atoms. The molecule has 228 valence electrons. The zero-order chi connectivity index (χ0) is 29.8. The molecular formula is C36H44FN3O3. The molecule has 1 saturated carbocycles. The summed E-state index contributed by atoms with van der Waals surface area (Å²) in [6.45, 7) is 7.30. The van der Waals surface area contributed by atoms with E-state index in [-0.39, 0.29) is 12.2 Å². The molecule has 3 heterocycles. The molecule has 3 aliphatic rings. The highest BCUT2D eigenvalue weighted by Crippen LogP contribution is 2.50. The highest BCUT2D eigenvalue weighted by Gasteiger charge is 2.40. The Morgan fingerprint density at radius 3 is 2.26 bits per heavy atom. The van der Waals surface area contributed by atoms with Gasteiger partial charge in [-0.3, -0.25) is 14.7 Å². The number of piperidine rings is 2. The minimum absolute atomic E-state index is 0.0304. The average molecular weight is 586 g/mol. The fourth-order valence-electron chi connectivity index (χ4n) is 7.28. The Bertz CT molecular complexity index is 1400. The van der Waals surface area contributed by atoms with Crippen molar-refractivity contribution < 1.29 is 19.0 Å². The van der Waals surface area contributed by atoms with E-state index in [0.29, 0.717) is 18.4 Å². The lowest BCUT2D eigenvalue weighted by Crippen LogP contribution is -2.44. The van der Waals surface area contributed by atoms with Crippen LogP contribution in [0.15, 0.2) is 48.5 Å². The van der Waals surface area contributed by atoms with Gasteiger partial charge in [0.25, 0.3) is 0 Å². The number of likely N-dealkylation sites (tertiary alicyclic amines) is 1. The van der Waals surface area contributed by atoms with Crippen LogP contribution in [0.2, 0.25) is 0 Å². The summed E-state index contributed by atoms with van der Waals surface area (Å²) in [6, 6.07) is 14.8. The molecule has 0 amide bonds. The number of carbonyl (C=O) groups is 1. The van der Waals surface area contributed by atoms with Crippen LogP contribution in [0.25, 0.3) is 11.1 Å². The predicted molar refractivity (Wildman–Crippen MR) is 168 cm³/mol. The van der Waals surface area contributed by atoms with Crippen molar-refractivity contribution in [1.29, 1.82) is 0 Å². The lowest BCUT2D eigenvalue weighted by Gasteiger charge is -2.49. The number of carboxylic acid groups (broad SMARTS) is 1. The van der Waals surface area contributed by atoms with Crippen LogP contribution in [-0.4, -0.2) is 53.7 Å². The molecule has 1 aromatic heterocycles. The third-order valence-electron chi connectivity index (χ3n) is 9.97. The number of halogens is 1. The zero-order valence-corrected chi connectivity index (χ0v) is 25.4. The summed E-state index contributed by atoms with van der Waals surface area (Å²) in [5.74, 6) is -0.275. The van der Waals surface area contributed by atoms with Gasteiger partial charge in [0.2, 0.25) is 0 Å². The number of carboxylic acids is 1. The van der Waals surface area contributed by atoms with E-state index in [1.54, 1.807) is 12.1 Å². The summed E-state index contributed by atoms with van der Waals surface area (Å²) in [5, 5.41) is 9.96. The third kappa shape index (κ3) is 6.87. The second-order valence-corrected chi connectivity index (χ2v) is 12.8. The molecule has 0 unspecified atom stereocenters. The van der Waals surface area contributed by atoms with Crippen LogP contribution < -0.4 is 9.64 Å². The van der Waals surface area contributed by atoms with E-state index >= 15 is 0 Å². The second-order valence-electron chi connectivity index (χ2n) is 12.8. The van der Waals surface area contributed by atoms with Crippen molar-refractivity contribution in [1.82, 2.24) is 9.88 Å². The molecule has 0 atom stereocenters. The standard InChI is InChI=1S/C36H44FN3O3/c1-26-31(24-33(41)42)35(40-21-17-36(18-22-40)15-5-16-36)34(32(38-26)25-39-19-3-2-4-20-39)28-8-12-30(13-9-28)43-23-14-27-6-10-29(37)11-7-27/h6-13H,2-5,14-25H2,1H3,(H,41,42). The Hall–Kier alpha value is -3.45. The number of benzene rings is 2. The van der Waals surface area contributed by atoms with Crippen molar-refractivity contribution in [3.63, 3.8) is 0 Å². The molecule has 0 bridgehead atoms. The zero-order valence-electron chi connectivity index (χ0n) is 25.4. The number of ether oxygens (including phenoxy) is 1. The molecule has 1 aliphatic carbocycles. The summed E-state index contributed by atoms with van der Waals surface area (Å²) in [4.78, 5) is 22.2. The number of rotatable bonds is 10. The molecule has 7 heteroatoms. The number of aryl methyl sites for hydroxylation is 1. The summed E-state index contributed by atoms with van der Waals surface area (Å²) >= 11 is 0. The quantitative estimate of drug-likeness (QED) is 0.271. The van der Waals surface area contributed by atoms with Crippen LogP contribution in [0.5, 0.6) is 5.75 Å². The molecule has 2 aromatic carbocycles. The lowest BCUT2D eigenvalue weighted by molar-refractivity contribution is -0.136. The average Bonchev–Trinajstić information content (AvgIpc) is 2.99. The Morgan fingerprint density at radius 2 is 1.63 bits per heavy atom. The van der Waals surface area contributed by atoms with Gasteiger partial charge < -0.3 is 14.7 Å². The maximum Gasteiger partial charge on any atom is 0.307 e. The van der Waals surface area contributed by atoms with Crippen LogP contribution in [-0.2, 0) is 24.2 Å². The first kappa shape index (κ1) is 29.6. The van der Waals surface area contributed by atoms with E-state index in [1.807, 2.05) is 19.1 Å². The predicted octanol–water partition coefficient (Wildman–Crippen LogP) is 7.20. The molecule has 3 fully saturated rings. The number of anilines is 1. The summed E-state index contributed by atoms with van der Waals surface area (Å²) in [5.41, 5.74) is 7.44. The molecule has 2 saturated heterocycles. The van der Waals surface area contributed by atoms with Crippen molar-refractivity contribution in [3.8, 4) is 16.9 Å². The number of hydrogen-bond acceptors (Lipinski definition) is 5. The van der Waals surface area contributed by atoms with Crippen molar-refractivity contribution in [2.24, 2.45) is 5.41 Å². The summed E-state index contributed by atoms with van der Waals surface area (Å²) in [7, 11) is 0. The maximum absolute atomic E-state index is 13.3. The summed E-state index contributed by atoms with van der Waals surface area (Å²) in [6.07, 6.45) is 10.7. The van der Waals surface area contributed by atoms with Crippen molar-refractivity contribution in [3.05, 3.63) is 76.9 Å². The molecule has 2 aliphatic heterocycles. The van der Waals surface area contributed by atoms with Gasteiger partial charge in [0.1, 0.15) is 11.6 Å². The van der Waals surface area contributed by atoms with Gasteiger partial charge in [-0.25, -0.2) is 4.39 Å². The van der Waals surface area contributed by atoms with Gasteiger partial charge in [-0.1, -0.05) is 37.1 Å². The fourth-order valence-corrected chi connectivity index (χ4v) is 7.28. The van der Waals surface area contributed by atoms with E-state index in [4.69, 9.17) is 9.72 Å². The van der Waals surface area contributed by atoms with Crippen molar-refractivity contribution in [2.45, 2.75) is 77.7 Å². The third-order valence-corrected chi connectivity index (χ3v) is 9.97. The lowest BCUT2D eigenvalue weighted by atomic mass is 9.63. The first-order chi connectivity index (χ1) is 20.9. The number of hydrogen-bond donors (Lipinski definition) is 1. The summed E-state index contributed by atoms with van der Waals surface area (Å²) < 4.78 is 19.3. The van der Waals surface area contributed by atoms with E-state index < -0.39 is 5.97 Å². The van der Waals surface area contributed by atoms with E-state index in [1.165, 1.54) is 63.5 Å². The minimum atomic E-state index is -0.821. The van der Waals surface area contributed by atoms with Crippen LogP contribution in [0.4, 0.5) is 10.1 Å². The Labute approximate surface area is 254 Å².